The normalized spacial score (nSPS) is 10.5. The van der Waals surface area contributed by atoms with E-state index in [0.29, 0.717) is 5.56 Å². The molecule has 2 nitrogen and oxygen atoms in total. The van der Waals surface area contributed by atoms with Crippen LogP contribution in [0.15, 0.2) is 54.6 Å². The summed E-state index contributed by atoms with van der Waals surface area (Å²) in [7, 11) is 0. The number of benzene rings is 1. The molecule has 0 radical (unpaired) electrons. The zero-order valence-corrected chi connectivity index (χ0v) is 11.9. The summed E-state index contributed by atoms with van der Waals surface area (Å²) in [5.74, 6) is -0.314. The second-order valence-corrected chi connectivity index (χ2v) is 4.63. The molecule has 1 aromatic carbocycles. The van der Waals surface area contributed by atoms with E-state index in [-0.39, 0.29) is 12.6 Å². The van der Waals surface area contributed by atoms with Gasteiger partial charge in [0.1, 0.15) is 6.61 Å². The van der Waals surface area contributed by atoms with Gasteiger partial charge in [-0.25, -0.2) is 4.79 Å². The monoisotopic (exact) mass is 308 g/mol. The van der Waals surface area contributed by atoms with Gasteiger partial charge < -0.3 is 4.74 Å². The largest absolute Gasteiger partial charge is 0.457 e. The molecule has 1 rings (SSSR count). The van der Waals surface area contributed by atoms with Crippen molar-refractivity contribution in [2.45, 2.75) is 12.8 Å². The minimum atomic E-state index is -0.314. The van der Waals surface area contributed by atoms with Crippen LogP contribution in [0.25, 0.3) is 0 Å². The summed E-state index contributed by atoms with van der Waals surface area (Å²) >= 11 is 3.37. The molecule has 0 heterocycles. The lowest BCUT2D eigenvalue weighted by Gasteiger charge is -2.04. The van der Waals surface area contributed by atoms with Gasteiger partial charge >= 0.3 is 5.97 Å². The number of esters is 1. The Labute approximate surface area is 116 Å². The Hall–Kier alpha value is -1.35. The molecule has 0 saturated carbocycles. The minimum Gasteiger partial charge on any atom is -0.457 e. The minimum absolute atomic E-state index is 0.235. The van der Waals surface area contributed by atoms with Gasteiger partial charge in [0.15, 0.2) is 0 Å². The molecule has 0 atom stereocenters. The van der Waals surface area contributed by atoms with Crippen LogP contribution >= 0.6 is 15.9 Å². The average molecular weight is 309 g/mol. The summed E-state index contributed by atoms with van der Waals surface area (Å²) in [4.78, 5) is 11.6. The molecule has 3 heteroatoms. The van der Waals surface area contributed by atoms with Crippen molar-refractivity contribution in [3.63, 3.8) is 0 Å². The van der Waals surface area contributed by atoms with E-state index < -0.39 is 0 Å². The maximum atomic E-state index is 11.6. The lowest BCUT2D eigenvalue weighted by Crippen LogP contribution is -2.06. The van der Waals surface area contributed by atoms with E-state index in [9.17, 15) is 4.79 Å². The number of hydrogen-bond acceptors (Lipinski definition) is 2. The van der Waals surface area contributed by atoms with Gasteiger partial charge in [0.2, 0.25) is 0 Å². The van der Waals surface area contributed by atoms with Crippen LogP contribution < -0.4 is 0 Å². The third-order valence-corrected chi connectivity index (χ3v) is 2.82. The first-order valence-corrected chi connectivity index (χ1v) is 6.98. The van der Waals surface area contributed by atoms with Crippen molar-refractivity contribution in [3.05, 3.63) is 60.2 Å². The number of unbranched alkanes of at least 4 members (excludes halogenated alkanes) is 1. The van der Waals surface area contributed by atoms with Crippen LogP contribution in [-0.4, -0.2) is 17.9 Å². The molecule has 0 N–H and O–H groups in total. The zero-order chi connectivity index (χ0) is 13.2. The van der Waals surface area contributed by atoms with Crippen LogP contribution in [0, 0.1) is 0 Å². The first-order valence-electron chi connectivity index (χ1n) is 5.86. The number of rotatable bonds is 7. The van der Waals surface area contributed by atoms with Gasteiger partial charge in [-0.2, -0.15) is 0 Å². The maximum absolute atomic E-state index is 11.6. The molecule has 0 amide bonds. The number of ether oxygens (including phenoxy) is 1. The molecule has 0 fully saturated rings. The molecule has 18 heavy (non-hydrogen) atoms. The second-order valence-electron chi connectivity index (χ2n) is 3.83. The summed E-state index contributed by atoms with van der Waals surface area (Å²) in [6.45, 7) is 4.08. The standard InChI is InChI=1S/C15H17BrO2/c1-13(8-4-3-7-11-16)12-18-15(17)14-9-5-2-6-10-14/h2,4-6,8-10H,1,3,7,11-12H2/b8-4+. The molecule has 0 unspecified atom stereocenters. The molecule has 0 aliphatic carbocycles. The van der Waals surface area contributed by atoms with Crippen molar-refractivity contribution in [3.8, 4) is 0 Å². The Morgan fingerprint density at radius 3 is 2.72 bits per heavy atom. The Balaban J connectivity index is 2.30. The quantitative estimate of drug-likeness (QED) is 0.328. The highest BCUT2D eigenvalue weighted by atomic mass is 79.9. The molecule has 0 aliphatic heterocycles. The summed E-state index contributed by atoms with van der Waals surface area (Å²) < 4.78 is 5.15. The van der Waals surface area contributed by atoms with Gasteiger partial charge in [-0.1, -0.05) is 52.9 Å². The van der Waals surface area contributed by atoms with Gasteiger partial charge in [0.05, 0.1) is 5.56 Å². The molecular weight excluding hydrogens is 292 g/mol. The van der Waals surface area contributed by atoms with E-state index in [1.165, 1.54) is 0 Å². The summed E-state index contributed by atoms with van der Waals surface area (Å²) in [6.07, 6.45) is 6.03. The van der Waals surface area contributed by atoms with Gasteiger partial charge in [-0.3, -0.25) is 0 Å². The number of carbonyl (C=O) groups is 1. The summed E-state index contributed by atoms with van der Waals surface area (Å²) in [6, 6.07) is 8.95. The first-order chi connectivity index (χ1) is 8.74. The molecule has 1 aromatic rings. The van der Waals surface area contributed by atoms with E-state index in [4.69, 9.17) is 4.74 Å². The fourth-order valence-corrected chi connectivity index (χ4v) is 1.63. The topological polar surface area (TPSA) is 26.3 Å². The molecule has 0 aromatic heterocycles. The van der Waals surface area contributed by atoms with E-state index in [2.05, 4.69) is 22.5 Å². The molecular formula is C15H17BrO2. The SMILES string of the molecule is C=C(/C=C/CCCBr)COC(=O)c1ccccc1. The van der Waals surface area contributed by atoms with E-state index in [0.717, 1.165) is 23.7 Å². The first kappa shape index (κ1) is 14.7. The van der Waals surface area contributed by atoms with Crippen molar-refractivity contribution >= 4 is 21.9 Å². The van der Waals surface area contributed by atoms with E-state index in [1.807, 2.05) is 30.4 Å². The van der Waals surface area contributed by atoms with Crippen LogP contribution in [-0.2, 0) is 4.74 Å². The lowest BCUT2D eigenvalue weighted by molar-refractivity contribution is 0.0543. The maximum Gasteiger partial charge on any atom is 0.338 e. The van der Waals surface area contributed by atoms with Crippen molar-refractivity contribution in [1.82, 2.24) is 0 Å². The Kier molecular flexibility index (Phi) is 7.11. The molecule has 0 spiro atoms. The third kappa shape index (κ3) is 5.82. The highest BCUT2D eigenvalue weighted by Crippen LogP contribution is 2.04. The van der Waals surface area contributed by atoms with Crippen LogP contribution in [0.3, 0.4) is 0 Å². The van der Waals surface area contributed by atoms with E-state index >= 15 is 0 Å². The molecule has 0 saturated heterocycles. The average Bonchev–Trinajstić information content (AvgIpc) is 2.42. The van der Waals surface area contributed by atoms with Crippen LogP contribution in [0.5, 0.6) is 0 Å². The lowest BCUT2D eigenvalue weighted by atomic mass is 10.2. The summed E-state index contributed by atoms with van der Waals surface area (Å²) in [5, 5.41) is 0.993. The Morgan fingerprint density at radius 2 is 2.06 bits per heavy atom. The van der Waals surface area contributed by atoms with Gasteiger partial charge in [-0.05, 0) is 30.5 Å². The third-order valence-electron chi connectivity index (χ3n) is 2.26. The predicted octanol–water partition coefficient (Wildman–Crippen LogP) is 4.13. The smallest absolute Gasteiger partial charge is 0.338 e. The van der Waals surface area contributed by atoms with Gasteiger partial charge in [-0.15, -0.1) is 0 Å². The molecule has 96 valence electrons. The highest BCUT2D eigenvalue weighted by molar-refractivity contribution is 9.09. The van der Waals surface area contributed by atoms with E-state index in [1.54, 1.807) is 12.1 Å². The van der Waals surface area contributed by atoms with Gasteiger partial charge in [0, 0.05) is 5.33 Å². The van der Waals surface area contributed by atoms with Crippen molar-refractivity contribution in [2.24, 2.45) is 0 Å². The van der Waals surface area contributed by atoms with Crippen molar-refractivity contribution < 1.29 is 9.53 Å². The summed E-state index contributed by atoms with van der Waals surface area (Å²) in [5.41, 5.74) is 1.36. The van der Waals surface area contributed by atoms with Crippen molar-refractivity contribution in [1.29, 1.82) is 0 Å². The number of alkyl halides is 1. The molecule has 0 bridgehead atoms. The number of hydrogen-bond donors (Lipinski definition) is 0. The van der Waals surface area contributed by atoms with Crippen LogP contribution in [0.4, 0.5) is 0 Å². The fraction of sp³-hybridized carbons (Fsp3) is 0.267. The van der Waals surface area contributed by atoms with Gasteiger partial charge in [0.25, 0.3) is 0 Å². The Bertz CT molecular complexity index is 410. The van der Waals surface area contributed by atoms with Crippen LogP contribution in [0.1, 0.15) is 23.2 Å². The Morgan fingerprint density at radius 1 is 1.33 bits per heavy atom. The number of halogens is 1. The molecule has 0 aliphatic rings. The fourth-order valence-electron chi connectivity index (χ4n) is 1.31. The van der Waals surface area contributed by atoms with Crippen molar-refractivity contribution in [2.75, 3.05) is 11.9 Å². The number of carbonyl (C=O) groups excluding carboxylic acids is 1. The zero-order valence-electron chi connectivity index (χ0n) is 10.3. The predicted molar refractivity (Wildman–Crippen MR) is 78.0 cm³/mol. The number of allylic oxidation sites excluding steroid dienone is 1. The second kappa shape index (κ2) is 8.70. The van der Waals surface area contributed by atoms with Crippen LogP contribution in [0.2, 0.25) is 0 Å². The highest BCUT2D eigenvalue weighted by Gasteiger charge is 2.05.